The van der Waals surface area contributed by atoms with Gasteiger partial charge < -0.3 is 9.64 Å². The van der Waals surface area contributed by atoms with E-state index in [9.17, 15) is 17.6 Å². The first-order valence-electron chi connectivity index (χ1n) is 8.67. The Morgan fingerprint density at radius 3 is 2.55 bits per heavy atom. The fraction of sp³-hybridized carbons (Fsp3) is 0.316. The van der Waals surface area contributed by atoms with Crippen LogP contribution in [0, 0.1) is 5.82 Å². The first-order valence-corrected chi connectivity index (χ1v) is 11.6. The predicted octanol–water partition coefficient (Wildman–Crippen LogP) is 4.38. The molecule has 0 radical (unpaired) electrons. The zero-order chi connectivity index (χ0) is 21.2. The molecule has 1 atom stereocenters. The highest BCUT2D eigenvalue weighted by atomic mass is 35.5. The number of ether oxygens (including phenoxy) is 1. The number of hydrogen-bond donors (Lipinski definition) is 0. The van der Waals surface area contributed by atoms with Gasteiger partial charge in [0.05, 0.1) is 23.1 Å². The van der Waals surface area contributed by atoms with Crippen LogP contribution in [0.1, 0.15) is 12.0 Å². The summed E-state index contributed by atoms with van der Waals surface area (Å²) < 4.78 is 43.6. The molecule has 1 saturated heterocycles. The Balaban J connectivity index is 1.81. The smallest absolute Gasteiger partial charge is 0.261 e. The number of rotatable bonds is 6. The van der Waals surface area contributed by atoms with Crippen molar-refractivity contribution in [2.75, 3.05) is 18.1 Å². The van der Waals surface area contributed by atoms with Gasteiger partial charge in [-0.2, -0.15) is 0 Å². The highest BCUT2D eigenvalue weighted by molar-refractivity contribution is 7.91. The lowest BCUT2D eigenvalue weighted by Crippen LogP contribution is -2.43. The molecule has 1 fully saturated rings. The normalized spacial score (nSPS) is 17.9. The Morgan fingerprint density at radius 1 is 1.17 bits per heavy atom. The Hall–Kier alpha value is -1.54. The van der Waals surface area contributed by atoms with Crippen LogP contribution in [0.5, 0.6) is 5.75 Å². The molecule has 0 aromatic heterocycles. The summed E-state index contributed by atoms with van der Waals surface area (Å²) in [5.41, 5.74) is 0.122. The lowest BCUT2D eigenvalue weighted by atomic mass is 10.1. The van der Waals surface area contributed by atoms with Crippen molar-refractivity contribution in [1.82, 2.24) is 4.90 Å². The number of hydrogen-bond acceptors (Lipinski definition) is 4. The average molecular weight is 481 g/mol. The van der Waals surface area contributed by atoms with Gasteiger partial charge in [-0.25, -0.2) is 12.8 Å². The fourth-order valence-electron chi connectivity index (χ4n) is 3.11. The van der Waals surface area contributed by atoms with Crippen LogP contribution in [0.2, 0.25) is 15.1 Å². The van der Waals surface area contributed by atoms with Crippen molar-refractivity contribution in [3.05, 3.63) is 62.8 Å². The maximum Gasteiger partial charge on any atom is 0.261 e. The van der Waals surface area contributed by atoms with Crippen molar-refractivity contribution in [2.24, 2.45) is 0 Å². The molecule has 0 spiro atoms. The lowest BCUT2D eigenvalue weighted by molar-refractivity contribution is -0.136. The second-order valence-electron chi connectivity index (χ2n) is 6.64. The number of halogens is 4. The third kappa shape index (κ3) is 5.54. The zero-order valence-electron chi connectivity index (χ0n) is 15.1. The van der Waals surface area contributed by atoms with Crippen LogP contribution in [0.25, 0.3) is 0 Å². The highest BCUT2D eigenvalue weighted by Gasteiger charge is 2.35. The van der Waals surface area contributed by atoms with E-state index in [-0.39, 0.29) is 45.8 Å². The van der Waals surface area contributed by atoms with Crippen LogP contribution in [0.4, 0.5) is 4.39 Å². The van der Waals surface area contributed by atoms with Crippen LogP contribution in [-0.4, -0.2) is 43.4 Å². The maximum atomic E-state index is 14.3. The first kappa shape index (κ1) is 22.2. The molecular weight excluding hydrogens is 464 g/mol. The van der Waals surface area contributed by atoms with E-state index < -0.39 is 34.2 Å². The van der Waals surface area contributed by atoms with Gasteiger partial charge in [0.25, 0.3) is 5.91 Å². The molecular formula is C19H17Cl3FNO4S. The van der Waals surface area contributed by atoms with Crippen LogP contribution >= 0.6 is 34.8 Å². The molecule has 2 aromatic carbocycles. The summed E-state index contributed by atoms with van der Waals surface area (Å²) in [4.78, 5) is 14.2. The summed E-state index contributed by atoms with van der Waals surface area (Å²) in [6, 6.07) is 8.18. The van der Waals surface area contributed by atoms with E-state index in [0.717, 1.165) is 0 Å². The monoisotopic (exact) mass is 479 g/mol. The molecule has 0 aliphatic carbocycles. The minimum absolute atomic E-state index is 0.0314. The van der Waals surface area contributed by atoms with Crippen LogP contribution in [0.3, 0.4) is 0 Å². The van der Waals surface area contributed by atoms with Crippen molar-refractivity contribution < 1.29 is 22.3 Å². The third-order valence-corrected chi connectivity index (χ3v) is 7.24. The van der Waals surface area contributed by atoms with Gasteiger partial charge in [0, 0.05) is 21.7 Å². The van der Waals surface area contributed by atoms with E-state index in [1.807, 2.05) is 0 Å². The predicted molar refractivity (Wildman–Crippen MR) is 111 cm³/mol. The van der Waals surface area contributed by atoms with Crippen molar-refractivity contribution in [3.8, 4) is 5.75 Å². The van der Waals surface area contributed by atoms with Crippen LogP contribution in [0.15, 0.2) is 36.4 Å². The van der Waals surface area contributed by atoms with Crippen molar-refractivity contribution >= 4 is 50.5 Å². The summed E-state index contributed by atoms with van der Waals surface area (Å²) in [6.45, 7) is -0.563. The molecule has 2 aromatic rings. The summed E-state index contributed by atoms with van der Waals surface area (Å²) in [6.07, 6.45) is 0.266. The average Bonchev–Trinajstić information content (AvgIpc) is 3.00. The van der Waals surface area contributed by atoms with E-state index in [1.165, 1.54) is 35.2 Å². The molecule has 0 N–H and O–H groups in total. The zero-order valence-corrected chi connectivity index (χ0v) is 18.2. The topological polar surface area (TPSA) is 63.7 Å². The molecule has 3 rings (SSSR count). The van der Waals surface area contributed by atoms with Gasteiger partial charge in [0.2, 0.25) is 0 Å². The Kier molecular flexibility index (Phi) is 6.94. The van der Waals surface area contributed by atoms with Crippen LogP contribution in [-0.2, 0) is 21.2 Å². The van der Waals surface area contributed by atoms with E-state index >= 15 is 0 Å². The SMILES string of the molecule is O=C(COc1ccc(Cl)cc1Cl)N(Cc1c(F)cccc1Cl)C1CCS(=O)(=O)C1. The van der Waals surface area contributed by atoms with Gasteiger partial charge in [-0.1, -0.05) is 40.9 Å². The standard InChI is InChI=1S/C19H17Cl3FNO4S/c20-12-4-5-18(16(22)8-12)28-10-19(25)24(13-6-7-29(26,27)11-13)9-14-15(21)2-1-3-17(14)23/h1-5,8,13H,6-7,9-11H2. The number of amides is 1. The number of carbonyl (C=O) groups is 1. The van der Waals surface area contributed by atoms with Crippen molar-refractivity contribution in [2.45, 2.75) is 19.0 Å². The summed E-state index contributed by atoms with van der Waals surface area (Å²) in [5, 5.41) is 0.809. The highest BCUT2D eigenvalue weighted by Crippen LogP contribution is 2.29. The van der Waals surface area contributed by atoms with Crippen molar-refractivity contribution in [3.63, 3.8) is 0 Å². The molecule has 0 saturated carbocycles. The summed E-state index contributed by atoms with van der Waals surface area (Å²) >= 11 is 18.0. The van der Waals surface area contributed by atoms with Gasteiger partial charge in [0.1, 0.15) is 11.6 Å². The lowest BCUT2D eigenvalue weighted by Gasteiger charge is -2.29. The Bertz CT molecular complexity index is 1010. The molecule has 0 bridgehead atoms. The van der Waals surface area contributed by atoms with E-state index in [4.69, 9.17) is 39.5 Å². The van der Waals surface area contributed by atoms with E-state index in [2.05, 4.69) is 0 Å². The molecule has 1 aliphatic heterocycles. The number of nitrogens with zero attached hydrogens (tertiary/aromatic N) is 1. The fourth-order valence-corrected chi connectivity index (χ4v) is 5.53. The van der Waals surface area contributed by atoms with Gasteiger partial charge >= 0.3 is 0 Å². The molecule has 10 heteroatoms. The van der Waals surface area contributed by atoms with Crippen molar-refractivity contribution in [1.29, 1.82) is 0 Å². The Morgan fingerprint density at radius 2 is 1.93 bits per heavy atom. The second kappa shape index (κ2) is 9.08. The van der Waals surface area contributed by atoms with Gasteiger partial charge in [0.15, 0.2) is 16.4 Å². The molecule has 1 amide bonds. The largest absolute Gasteiger partial charge is 0.482 e. The number of carbonyl (C=O) groups excluding carboxylic acids is 1. The van der Waals surface area contributed by atoms with E-state index in [1.54, 1.807) is 6.07 Å². The summed E-state index contributed by atoms with van der Waals surface area (Å²) in [7, 11) is -3.26. The first-order chi connectivity index (χ1) is 13.7. The van der Waals surface area contributed by atoms with Crippen LogP contribution < -0.4 is 4.74 Å². The number of sulfone groups is 1. The molecule has 29 heavy (non-hydrogen) atoms. The molecule has 156 valence electrons. The second-order valence-corrected chi connectivity index (χ2v) is 10.1. The van der Waals surface area contributed by atoms with Gasteiger partial charge in [-0.3, -0.25) is 4.79 Å². The van der Waals surface area contributed by atoms with Gasteiger partial charge in [-0.15, -0.1) is 0 Å². The van der Waals surface area contributed by atoms with E-state index in [0.29, 0.717) is 5.02 Å². The minimum atomic E-state index is -3.26. The van der Waals surface area contributed by atoms with Gasteiger partial charge in [-0.05, 0) is 36.8 Å². The third-order valence-electron chi connectivity index (χ3n) is 4.60. The minimum Gasteiger partial charge on any atom is -0.482 e. The molecule has 5 nitrogen and oxygen atoms in total. The summed E-state index contributed by atoms with van der Waals surface area (Å²) in [5.74, 6) is -1.04. The Labute approximate surface area is 183 Å². The maximum absolute atomic E-state index is 14.3. The quantitative estimate of drug-likeness (QED) is 0.615. The number of benzene rings is 2. The molecule has 1 unspecified atom stereocenters. The molecule has 1 aliphatic rings. The molecule has 1 heterocycles.